The molecular weight excluding hydrogens is 441 g/mol. The van der Waals surface area contributed by atoms with Crippen LogP contribution in [0.25, 0.3) is 0 Å². The van der Waals surface area contributed by atoms with E-state index in [0.717, 1.165) is 0 Å². The molecule has 2 rings (SSSR count). The van der Waals surface area contributed by atoms with E-state index < -0.39 is 19.8 Å². The molecule has 0 radical (unpaired) electrons. The van der Waals surface area contributed by atoms with Crippen LogP contribution >= 0.6 is 0 Å². The summed E-state index contributed by atoms with van der Waals surface area (Å²) in [6, 6.07) is 5.75. The first-order valence-corrected chi connectivity index (χ1v) is 13.3. The number of aldehydes is 1. The fraction of sp³-hybridized carbons (Fsp3) is 0.500. The molecule has 1 aromatic carbocycles. The normalized spacial score (nSPS) is 11.8. The van der Waals surface area contributed by atoms with Gasteiger partial charge in [0.1, 0.15) is 17.9 Å². The molecule has 0 spiro atoms. The molecule has 1 N–H and O–H groups in total. The molecule has 0 saturated carbocycles. The number of amides is 1. The Balaban J connectivity index is 2.57. The number of nitrogens with one attached hydrogen (secondary N) is 1. The van der Waals surface area contributed by atoms with Crippen LogP contribution in [0.15, 0.2) is 29.1 Å². The highest BCUT2D eigenvalue weighted by Crippen LogP contribution is 2.42. The Bertz CT molecular complexity index is 1030. The van der Waals surface area contributed by atoms with E-state index >= 15 is 0 Å². The SMILES string of the molecule is CC(C)[Si](Oc1c(C(=O)NCc2ccc(F)cc2)nc(CC=O)n(C)c1=O)(C(C)C)C(C)C. The molecule has 180 valence electrons. The molecule has 9 heteroatoms. The smallest absolute Gasteiger partial charge is 0.295 e. The van der Waals surface area contributed by atoms with Gasteiger partial charge in [-0.15, -0.1) is 0 Å². The molecule has 1 heterocycles. The number of carbonyl (C=O) groups is 2. The summed E-state index contributed by atoms with van der Waals surface area (Å²) in [6.07, 6.45) is 0.531. The molecule has 2 aromatic rings. The number of hydrogen-bond acceptors (Lipinski definition) is 5. The third-order valence-corrected chi connectivity index (χ3v) is 12.1. The van der Waals surface area contributed by atoms with Crippen molar-refractivity contribution < 1.29 is 18.4 Å². The minimum absolute atomic E-state index is 0.0773. The summed E-state index contributed by atoms with van der Waals surface area (Å²) >= 11 is 0. The fourth-order valence-electron chi connectivity index (χ4n) is 4.53. The van der Waals surface area contributed by atoms with Crippen molar-refractivity contribution in [1.29, 1.82) is 0 Å². The molecule has 0 aliphatic heterocycles. The second kappa shape index (κ2) is 10.9. The second-order valence-corrected chi connectivity index (χ2v) is 14.5. The molecule has 0 atom stereocenters. The lowest BCUT2D eigenvalue weighted by atomic mass is 10.2. The molecule has 33 heavy (non-hydrogen) atoms. The van der Waals surface area contributed by atoms with Gasteiger partial charge in [0.25, 0.3) is 19.8 Å². The van der Waals surface area contributed by atoms with E-state index in [1.165, 1.54) is 23.7 Å². The van der Waals surface area contributed by atoms with Gasteiger partial charge in [0.05, 0.1) is 6.42 Å². The van der Waals surface area contributed by atoms with Crippen molar-refractivity contribution in [1.82, 2.24) is 14.9 Å². The highest BCUT2D eigenvalue weighted by atomic mass is 28.4. The number of rotatable bonds is 10. The van der Waals surface area contributed by atoms with E-state index in [0.29, 0.717) is 11.8 Å². The van der Waals surface area contributed by atoms with Gasteiger partial charge in [-0.1, -0.05) is 53.7 Å². The Morgan fingerprint density at radius 3 is 2.15 bits per heavy atom. The Labute approximate surface area is 195 Å². The van der Waals surface area contributed by atoms with Crippen LogP contribution in [0.1, 0.15) is 63.4 Å². The zero-order chi connectivity index (χ0) is 24.9. The largest absolute Gasteiger partial charge is 0.537 e. The number of benzene rings is 1. The standard InChI is InChI=1S/C24H34FN3O4Si/c1-15(2)33(16(3)4,17(5)6)32-22-21(27-20(12-13-29)28(7)24(22)31)23(30)26-14-18-8-10-19(25)11-9-18/h8-11,13,15-17H,12,14H2,1-7H3,(H,26,30). The number of hydrogen-bond donors (Lipinski definition) is 1. The van der Waals surface area contributed by atoms with Crippen molar-refractivity contribution in [2.45, 2.75) is 71.1 Å². The maximum Gasteiger partial charge on any atom is 0.295 e. The van der Waals surface area contributed by atoms with Gasteiger partial charge in [-0.25, -0.2) is 9.37 Å². The van der Waals surface area contributed by atoms with Crippen LogP contribution in [-0.2, 0) is 24.8 Å². The third kappa shape index (κ3) is 5.58. The van der Waals surface area contributed by atoms with Crippen molar-refractivity contribution >= 4 is 20.5 Å². The van der Waals surface area contributed by atoms with E-state index in [1.54, 1.807) is 12.1 Å². The lowest BCUT2D eigenvalue weighted by molar-refractivity contribution is -0.107. The monoisotopic (exact) mass is 475 g/mol. The van der Waals surface area contributed by atoms with Gasteiger partial charge in [-0.2, -0.15) is 0 Å². The lowest BCUT2D eigenvalue weighted by Gasteiger charge is -2.42. The minimum Gasteiger partial charge on any atom is -0.537 e. The predicted molar refractivity (Wildman–Crippen MR) is 128 cm³/mol. The Kier molecular flexibility index (Phi) is 8.71. The summed E-state index contributed by atoms with van der Waals surface area (Å²) in [5.41, 5.74) is 0.592. The van der Waals surface area contributed by atoms with Crippen LogP contribution < -0.4 is 15.3 Å². The Morgan fingerprint density at radius 2 is 1.67 bits per heavy atom. The molecule has 1 amide bonds. The summed E-state index contributed by atoms with van der Waals surface area (Å²) in [7, 11) is -1.06. The molecule has 0 aliphatic rings. The van der Waals surface area contributed by atoms with Crippen LogP contribution in [0.4, 0.5) is 4.39 Å². The van der Waals surface area contributed by atoms with Crippen LogP contribution in [-0.4, -0.2) is 30.1 Å². The zero-order valence-electron chi connectivity index (χ0n) is 20.4. The van der Waals surface area contributed by atoms with Gasteiger partial charge < -0.3 is 14.5 Å². The quantitative estimate of drug-likeness (QED) is 0.412. The van der Waals surface area contributed by atoms with Crippen LogP contribution in [0.3, 0.4) is 0 Å². The van der Waals surface area contributed by atoms with Gasteiger partial charge in [0, 0.05) is 13.6 Å². The first-order valence-electron chi connectivity index (χ1n) is 11.2. The summed E-state index contributed by atoms with van der Waals surface area (Å²) in [6.45, 7) is 12.6. The van der Waals surface area contributed by atoms with Crippen molar-refractivity contribution in [2.24, 2.45) is 7.05 Å². The maximum absolute atomic E-state index is 13.3. The molecule has 0 fully saturated rings. The highest BCUT2D eigenvalue weighted by molar-refractivity contribution is 6.78. The molecule has 0 aliphatic carbocycles. The summed E-state index contributed by atoms with van der Waals surface area (Å²) < 4.78 is 21.0. The van der Waals surface area contributed by atoms with Gasteiger partial charge in [-0.3, -0.25) is 14.2 Å². The van der Waals surface area contributed by atoms with Crippen LogP contribution in [0.5, 0.6) is 5.75 Å². The zero-order valence-corrected chi connectivity index (χ0v) is 21.4. The predicted octanol–water partition coefficient (Wildman–Crippen LogP) is 4.15. The van der Waals surface area contributed by atoms with Gasteiger partial charge >= 0.3 is 0 Å². The number of carbonyl (C=O) groups excluding carboxylic acids is 2. The maximum atomic E-state index is 13.3. The van der Waals surface area contributed by atoms with Crippen molar-refractivity contribution in [2.75, 3.05) is 0 Å². The third-order valence-electron chi connectivity index (χ3n) is 6.18. The average molecular weight is 476 g/mol. The molecule has 0 unspecified atom stereocenters. The molecule has 1 aromatic heterocycles. The minimum atomic E-state index is -2.57. The van der Waals surface area contributed by atoms with Crippen molar-refractivity contribution in [3.05, 3.63) is 57.5 Å². The summed E-state index contributed by atoms with van der Waals surface area (Å²) in [5, 5.41) is 2.74. The van der Waals surface area contributed by atoms with E-state index in [1.807, 2.05) is 0 Å². The van der Waals surface area contributed by atoms with Gasteiger partial charge in [-0.05, 0) is 34.3 Å². The molecule has 0 saturated heterocycles. The summed E-state index contributed by atoms with van der Waals surface area (Å²) in [4.78, 5) is 42.0. The van der Waals surface area contributed by atoms with E-state index in [2.05, 4.69) is 51.8 Å². The second-order valence-electron chi connectivity index (χ2n) is 9.17. The molecule has 0 bridgehead atoms. The first kappa shape index (κ1) is 26.4. The number of nitrogens with zero attached hydrogens (tertiary/aromatic N) is 2. The fourth-order valence-corrected chi connectivity index (χ4v) is 9.77. The van der Waals surface area contributed by atoms with Crippen LogP contribution in [0.2, 0.25) is 16.6 Å². The Morgan fingerprint density at radius 1 is 1.12 bits per heavy atom. The van der Waals surface area contributed by atoms with Crippen LogP contribution in [0, 0.1) is 5.82 Å². The van der Waals surface area contributed by atoms with Crippen molar-refractivity contribution in [3.63, 3.8) is 0 Å². The average Bonchev–Trinajstić information content (AvgIpc) is 2.75. The number of halogens is 1. The van der Waals surface area contributed by atoms with E-state index in [9.17, 15) is 18.8 Å². The number of aromatic nitrogens is 2. The molecule has 7 nitrogen and oxygen atoms in total. The van der Waals surface area contributed by atoms with E-state index in [-0.39, 0.29) is 52.7 Å². The van der Waals surface area contributed by atoms with E-state index in [4.69, 9.17) is 4.43 Å². The Hall–Kier alpha value is -2.81. The molecular formula is C24H34FN3O4Si. The topological polar surface area (TPSA) is 90.3 Å². The van der Waals surface area contributed by atoms with Gasteiger partial charge in [0.15, 0.2) is 5.69 Å². The van der Waals surface area contributed by atoms with Gasteiger partial charge in [0.2, 0.25) is 5.75 Å². The van der Waals surface area contributed by atoms with Crippen molar-refractivity contribution in [3.8, 4) is 5.75 Å². The lowest BCUT2D eigenvalue weighted by Crippen LogP contribution is -2.52. The highest BCUT2D eigenvalue weighted by Gasteiger charge is 2.48. The summed E-state index contributed by atoms with van der Waals surface area (Å²) in [5.74, 6) is -0.852. The first-order chi connectivity index (χ1) is 15.4.